The van der Waals surface area contributed by atoms with E-state index in [4.69, 9.17) is 5.73 Å². The van der Waals surface area contributed by atoms with Crippen LogP contribution in [-0.4, -0.2) is 18.4 Å². The molecule has 2 unspecified atom stereocenters. The average Bonchev–Trinajstić information content (AvgIpc) is 3.07. The van der Waals surface area contributed by atoms with E-state index in [-0.39, 0.29) is 30.3 Å². The van der Waals surface area contributed by atoms with Crippen LogP contribution in [0.4, 0.5) is 5.69 Å². The van der Waals surface area contributed by atoms with E-state index < -0.39 is 6.04 Å². The number of nitrogens with zero attached hydrogens (tertiary/aromatic N) is 1. The Labute approximate surface area is 160 Å². The highest BCUT2D eigenvalue weighted by Gasteiger charge is 2.23. The van der Waals surface area contributed by atoms with Crippen LogP contribution in [0.1, 0.15) is 43.0 Å². The summed E-state index contributed by atoms with van der Waals surface area (Å²) < 4.78 is 0. The van der Waals surface area contributed by atoms with Crippen molar-refractivity contribution in [2.24, 2.45) is 5.73 Å². The number of hydrogen-bond donors (Lipinski definition) is 2. The van der Waals surface area contributed by atoms with E-state index in [9.17, 15) is 9.59 Å². The number of rotatable bonds is 5. The Kier molecular flexibility index (Phi) is 6.77. The van der Waals surface area contributed by atoms with Gasteiger partial charge in [0.1, 0.15) is 6.04 Å². The number of nitrogens with one attached hydrogen (secondary N) is 1. The van der Waals surface area contributed by atoms with Crippen molar-refractivity contribution in [3.8, 4) is 0 Å². The summed E-state index contributed by atoms with van der Waals surface area (Å²) in [5.41, 5.74) is 8.66. The summed E-state index contributed by atoms with van der Waals surface area (Å²) in [7, 11) is 0. The Morgan fingerprint density at radius 2 is 1.81 bits per heavy atom. The van der Waals surface area contributed by atoms with E-state index in [0.29, 0.717) is 6.42 Å². The van der Waals surface area contributed by atoms with Crippen molar-refractivity contribution in [2.75, 3.05) is 11.4 Å². The lowest BCUT2D eigenvalue weighted by Gasteiger charge is -2.21. The molecule has 0 bridgehead atoms. The van der Waals surface area contributed by atoms with Crippen LogP contribution >= 0.6 is 12.4 Å². The second-order valence-corrected chi connectivity index (χ2v) is 6.36. The van der Waals surface area contributed by atoms with Crippen LogP contribution in [0.15, 0.2) is 54.6 Å². The fourth-order valence-corrected chi connectivity index (χ4v) is 3.08. The number of nitrogens with two attached hydrogens (primary N) is 1. The highest BCUT2D eigenvalue weighted by atomic mass is 35.5. The minimum Gasteiger partial charge on any atom is -0.348 e. The number of amides is 2. The number of benzene rings is 2. The SMILES string of the molecule is CC(NC(=O)C(N)c1ccccc1)c1cccc(N2CCCC2=O)c1.Cl. The van der Waals surface area contributed by atoms with E-state index in [1.54, 1.807) is 4.90 Å². The first-order valence-electron chi connectivity index (χ1n) is 8.57. The van der Waals surface area contributed by atoms with Gasteiger partial charge in [-0.15, -0.1) is 12.4 Å². The van der Waals surface area contributed by atoms with Gasteiger partial charge in [0.2, 0.25) is 11.8 Å². The van der Waals surface area contributed by atoms with Gasteiger partial charge in [0.25, 0.3) is 0 Å². The smallest absolute Gasteiger partial charge is 0.241 e. The van der Waals surface area contributed by atoms with Gasteiger partial charge in [0, 0.05) is 18.7 Å². The summed E-state index contributed by atoms with van der Waals surface area (Å²) in [6.07, 6.45) is 1.49. The van der Waals surface area contributed by atoms with E-state index in [0.717, 1.165) is 29.8 Å². The lowest BCUT2D eigenvalue weighted by Crippen LogP contribution is -2.35. The molecule has 26 heavy (non-hydrogen) atoms. The molecule has 0 aromatic heterocycles. The zero-order chi connectivity index (χ0) is 17.8. The summed E-state index contributed by atoms with van der Waals surface area (Å²) in [5, 5.41) is 2.96. The van der Waals surface area contributed by atoms with Gasteiger partial charge >= 0.3 is 0 Å². The topological polar surface area (TPSA) is 75.4 Å². The quantitative estimate of drug-likeness (QED) is 0.845. The van der Waals surface area contributed by atoms with Crippen LogP contribution in [0.5, 0.6) is 0 Å². The zero-order valence-corrected chi connectivity index (χ0v) is 15.5. The summed E-state index contributed by atoms with van der Waals surface area (Å²) in [4.78, 5) is 26.1. The lowest BCUT2D eigenvalue weighted by atomic mass is 10.0. The first-order valence-corrected chi connectivity index (χ1v) is 8.57. The Balaban J connectivity index is 0.00000243. The average molecular weight is 374 g/mol. The summed E-state index contributed by atoms with van der Waals surface area (Å²) in [6.45, 7) is 2.67. The number of carbonyl (C=O) groups excluding carboxylic acids is 2. The molecule has 0 spiro atoms. The van der Waals surface area contributed by atoms with Crippen molar-refractivity contribution in [3.63, 3.8) is 0 Å². The first-order chi connectivity index (χ1) is 12.1. The normalized spacial score (nSPS) is 15.9. The molecule has 2 aromatic carbocycles. The fourth-order valence-electron chi connectivity index (χ4n) is 3.08. The molecule has 5 nitrogen and oxygen atoms in total. The summed E-state index contributed by atoms with van der Waals surface area (Å²) in [6, 6.07) is 16.2. The summed E-state index contributed by atoms with van der Waals surface area (Å²) >= 11 is 0. The van der Waals surface area contributed by atoms with E-state index in [2.05, 4.69) is 5.32 Å². The van der Waals surface area contributed by atoms with Gasteiger partial charge in [-0.1, -0.05) is 42.5 Å². The highest BCUT2D eigenvalue weighted by molar-refractivity contribution is 5.95. The van der Waals surface area contributed by atoms with E-state index >= 15 is 0 Å². The second-order valence-electron chi connectivity index (χ2n) is 6.36. The predicted octanol–water partition coefficient (Wildman–Crippen LogP) is 3.11. The van der Waals surface area contributed by atoms with Crippen LogP contribution < -0.4 is 16.0 Å². The largest absolute Gasteiger partial charge is 0.348 e. The van der Waals surface area contributed by atoms with Crippen LogP contribution in [-0.2, 0) is 9.59 Å². The van der Waals surface area contributed by atoms with Gasteiger partial charge in [-0.05, 0) is 36.6 Å². The monoisotopic (exact) mass is 373 g/mol. The van der Waals surface area contributed by atoms with Crippen molar-refractivity contribution in [1.29, 1.82) is 0 Å². The molecule has 0 radical (unpaired) electrons. The Hall–Kier alpha value is -2.37. The Bertz CT molecular complexity index is 767. The highest BCUT2D eigenvalue weighted by Crippen LogP contribution is 2.25. The minimum absolute atomic E-state index is 0. The predicted molar refractivity (Wildman–Crippen MR) is 105 cm³/mol. The maximum atomic E-state index is 12.4. The second kappa shape index (κ2) is 8.83. The maximum Gasteiger partial charge on any atom is 0.241 e. The third-order valence-electron chi connectivity index (χ3n) is 4.56. The van der Waals surface area contributed by atoms with Gasteiger partial charge in [-0.3, -0.25) is 9.59 Å². The Morgan fingerprint density at radius 1 is 1.12 bits per heavy atom. The van der Waals surface area contributed by atoms with Gasteiger partial charge in [-0.25, -0.2) is 0 Å². The molecule has 6 heteroatoms. The molecule has 1 saturated heterocycles. The molecule has 1 fully saturated rings. The molecule has 2 amide bonds. The van der Waals surface area contributed by atoms with Gasteiger partial charge in [0.15, 0.2) is 0 Å². The molecule has 2 aromatic rings. The van der Waals surface area contributed by atoms with Crippen LogP contribution in [0.3, 0.4) is 0 Å². The maximum absolute atomic E-state index is 12.4. The molecule has 138 valence electrons. The third kappa shape index (κ3) is 4.42. The van der Waals surface area contributed by atoms with Crippen LogP contribution in [0, 0.1) is 0 Å². The number of anilines is 1. The third-order valence-corrected chi connectivity index (χ3v) is 4.56. The molecule has 2 atom stereocenters. The number of halogens is 1. The van der Waals surface area contributed by atoms with Gasteiger partial charge in [-0.2, -0.15) is 0 Å². The summed E-state index contributed by atoms with van der Waals surface area (Å²) in [5.74, 6) is -0.0682. The number of hydrogen-bond acceptors (Lipinski definition) is 3. The van der Waals surface area contributed by atoms with Crippen LogP contribution in [0.2, 0.25) is 0 Å². The van der Waals surface area contributed by atoms with Gasteiger partial charge < -0.3 is 16.0 Å². The Morgan fingerprint density at radius 3 is 2.46 bits per heavy atom. The van der Waals surface area contributed by atoms with Crippen LogP contribution in [0.25, 0.3) is 0 Å². The molecule has 1 aliphatic heterocycles. The van der Waals surface area contributed by atoms with Gasteiger partial charge in [0.05, 0.1) is 6.04 Å². The van der Waals surface area contributed by atoms with E-state index in [1.165, 1.54) is 0 Å². The molecular weight excluding hydrogens is 350 g/mol. The molecule has 3 rings (SSSR count). The standard InChI is InChI=1S/C20H23N3O2.ClH/c1-14(22-20(25)19(21)15-7-3-2-4-8-15)16-9-5-10-17(13-16)23-12-6-11-18(23)24;/h2-5,7-10,13-14,19H,6,11-12,21H2,1H3,(H,22,25);1H. The zero-order valence-electron chi connectivity index (χ0n) is 14.7. The molecule has 1 heterocycles. The molecular formula is C20H24ClN3O2. The molecule has 1 aliphatic rings. The van der Waals surface area contributed by atoms with Crippen molar-refractivity contribution in [2.45, 2.75) is 31.8 Å². The first kappa shape index (κ1) is 19.9. The fraction of sp³-hybridized carbons (Fsp3) is 0.300. The molecule has 3 N–H and O–H groups in total. The van der Waals surface area contributed by atoms with Crippen molar-refractivity contribution in [3.05, 3.63) is 65.7 Å². The lowest BCUT2D eigenvalue weighted by molar-refractivity contribution is -0.123. The molecule has 0 aliphatic carbocycles. The number of carbonyl (C=O) groups is 2. The van der Waals surface area contributed by atoms with Crippen molar-refractivity contribution >= 4 is 29.9 Å². The van der Waals surface area contributed by atoms with E-state index in [1.807, 2.05) is 61.5 Å². The molecule has 0 saturated carbocycles. The minimum atomic E-state index is -0.702. The van der Waals surface area contributed by atoms with Crippen molar-refractivity contribution in [1.82, 2.24) is 5.32 Å². The van der Waals surface area contributed by atoms with Crippen molar-refractivity contribution < 1.29 is 9.59 Å².